The van der Waals surface area contributed by atoms with Gasteiger partial charge in [-0.2, -0.15) is 0 Å². The molecule has 1 amide bonds. The lowest BCUT2D eigenvalue weighted by molar-refractivity contribution is 0.0634. The van der Waals surface area contributed by atoms with Gasteiger partial charge in [-0.3, -0.25) is 19.1 Å². The largest absolute Gasteiger partial charge is 0.444 e. The lowest BCUT2D eigenvalue weighted by Gasteiger charge is -2.19. The van der Waals surface area contributed by atoms with Crippen LogP contribution in [-0.2, 0) is 11.7 Å². The molecular weight excluding hydrogens is 424 g/mol. The number of benzene rings is 1. The van der Waals surface area contributed by atoms with Crippen molar-refractivity contribution < 1.29 is 18.8 Å². The van der Waals surface area contributed by atoms with Gasteiger partial charge in [-0.25, -0.2) is 19.7 Å². The van der Waals surface area contributed by atoms with Crippen LogP contribution in [0.1, 0.15) is 49.0 Å². The first-order valence-electron chi connectivity index (χ1n) is 11.7. The van der Waals surface area contributed by atoms with Gasteiger partial charge in [0, 0.05) is 34.6 Å². The summed E-state index contributed by atoms with van der Waals surface area (Å²) in [5.41, 5.74) is 0.531. The summed E-state index contributed by atoms with van der Waals surface area (Å²) in [6.07, 6.45) is 2.44. The third kappa shape index (κ3) is 4.17. The van der Waals surface area contributed by atoms with Gasteiger partial charge in [0.1, 0.15) is 23.3 Å². The lowest BCUT2D eigenvalue weighted by atomic mass is 10.0. The first kappa shape index (κ1) is 18.8. The third-order valence-electron chi connectivity index (χ3n) is 4.90. The molecule has 3 heterocycles. The molecule has 0 aliphatic heterocycles. The summed E-state index contributed by atoms with van der Waals surface area (Å²) in [7, 11) is 0. The topological polar surface area (TPSA) is 124 Å². The molecule has 0 saturated carbocycles. The number of imidazole rings is 1. The number of rotatable bonds is 3. The van der Waals surface area contributed by atoms with Gasteiger partial charge in [0.2, 0.25) is 5.95 Å². The highest BCUT2D eigenvalue weighted by Gasteiger charge is 2.20. The van der Waals surface area contributed by atoms with Crippen molar-refractivity contribution in [2.75, 3.05) is 5.32 Å². The molecule has 1 unspecified atom stereocenters. The Bertz CT molecular complexity index is 1530. The second kappa shape index (κ2) is 7.96. The lowest BCUT2D eigenvalue weighted by Crippen LogP contribution is -2.27. The molecule has 0 aliphatic rings. The molecule has 4 aromatic rings. The third-order valence-corrected chi connectivity index (χ3v) is 4.90. The molecule has 10 heteroatoms. The Morgan fingerprint density at radius 3 is 2.55 bits per heavy atom. The molecule has 0 radical (unpaired) electrons. The zero-order valence-corrected chi connectivity index (χ0v) is 18.9. The summed E-state index contributed by atoms with van der Waals surface area (Å²) < 4.78 is 31.5. The summed E-state index contributed by atoms with van der Waals surface area (Å²) in [6, 6.07) is 3.33. The molecular formula is C23H26N6O4. The summed E-state index contributed by atoms with van der Waals surface area (Å²) in [6.45, 7) is 5.67. The first-order chi connectivity index (χ1) is 16.7. The van der Waals surface area contributed by atoms with E-state index >= 15 is 0 Å². The van der Waals surface area contributed by atoms with Crippen molar-refractivity contribution >= 4 is 28.6 Å². The number of carbonyl (C=O) groups is 1. The van der Waals surface area contributed by atoms with Gasteiger partial charge in [-0.05, 0) is 46.2 Å². The minimum atomic E-state index is -2.82. The van der Waals surface area contributed by atoms with E-state index in [1.807, 2.05) is 0 Å². The predicted octanol–water partition coefficient (Wildman–Crippen LogP) is 3.35. The molecule has 0 aliphatic carbocycles. The highest BCUT2D eigenvalue weighted by molar-refractivity contribution is 5.88. The smallest absolute Gasteiger partial charge is 0.414 e. The Morgan fingerprint density at radius 1 is 1.24 bits per heavy atom. The van der Waals surface area contributed by atoms with Gasteiger partial charge in [0.15, 0.2) is 0 Å². The van der Waals surface area contributed by atoms with E-state index in [0.717, 1.165) is 0 Å². The van der Waals surface area contributed by atoms with E-state index in [0.29, 0.717) is 26.8 Å². The van der Waals surface area contributed by atoms with E-state index in [4.69, 9.17) is 8.85 Å². The number of aromatic nitrogens is 5. The van der Waals surface area contributed by atoms with E-state index in [-0.39, 0.29) is 22.7 Å². The molecule has 172 valence electrons. The second-order valence-electron chi connectivity index (χ2n) is 8.78. The molecule has 0 spiro atoms. The number of aliphatic hydroxyl groups is 1. The van der Waals surface area contributed by atoms with Crippen LogP contribution in [0.25, 0.3) is 27.8 Å². The normalized spacial score (nSPS) is 14.5. The van der Waals surface area contributed by atoms with Crippen molar-refractivity contribution in [1.29, 1.82) is 0 Å². The van der Waals surface area contributed by atoms with Crippen LogP contribution in [0.5, 0.6) is 0 Å². The maximum absolute atomic E-state index is 13.5. The van der Waals surface area contributed by atoms with E-state index in [9.17, 15) is 14.7 Å². The number of amides is 1. The molecule has 1 aromatic carbocycles. The number of hydrogen-bond acceptors (Lipinski definition) is 7. The van der Waals surface area contributed by atoms with Gasteiger partial charge in [0.25, 0.3) is 5.56 Å². The molecule has 4 rings (SSSR count). The second-order valence-corrected chi connectivity index (χ2v) is 8.78. The van der Waals surface area contributed by atoms with Crippen LogP contribution < -0.4 is 10.9 Å². The van der Waals surface area contributed by atoms with Crippen molar-refractivity contribution in [2.45, 2.75) is 46.3 Å². The summed E-state index contributed by atoms with van der Waals surface area (Å²) >= 11 is 0. The van der Waals surface area contributed by atoms with E-state index < -0.39 is 30.3 Å². The van der Waals surface area contributed by atoms with Crippen molar-refractivity contribution in [3.8, 4) is 11.3 Å². The summed E-state index contributed by atoms with van der Waals surface area (Å²) in [5.74, 6) is -0.0259. The van der Waals surface area contributed by atoms with Gasteiger partial charge in [-0.15, -0.1) is 0 Å². The van der Waals surface area contributed by atoms with E-state index in [1.165, 1.54) is 23.1 Å². The monoisotopic (exact) mass is 453 g/mol. The van der Waals surface area contributed by atoms with Crippen LogP contribution in [-0.4, -0.2) is 40.7 Å². The summed E-state index contributed by atoms with van der Waals surface area (Å²) in [5, 5.41) is 13.0. The molecule has 3 aromatic heterocycles. The fourth-order valence-corrected chi connectivity index (χ4v) is 3.61. The van der Waals surface area contributed by atoms with Gasteiger partial charge >= 0.3 is 6.09 Å². The Morgan fingerprint density at radius 2 is 1.94 bits per heavy atom. The fourth-order valence-electron chi connectivity index (χ4n) is 3.61. The standard InChI is InChI=1S/C23H26N6O4/c1-12-7-15(13(2)30)18-16(8-12)20(31)28(6)19-17(26-11-29(18)19)14-9-24-21(25-10-14)27-22(32)33-23(3,4)5/h7-11,13,30H,1-6H3,(H,24,25,27,32)/i6D3. The quantitative estimate of drug-likeness (QED) is 0.487. The predicted molar refractivity (Wildman–Crippen MR) is 124 cm³/mol. The van der Waals surface area contributed by atoms with Gasteiger partial charge in [-0.1, -0.05) is 6.07 Å². The van der Waals surface area contributed by atoms with Crippen molar-refractivity contribution in [3.05, 3.63) is 52.3 Å². The highest BCUT2D eigenvalue weighted by Crippen LogP contribution is 2.29. The number of fused-ring (bicyclic) bond motifs is 3. The summed E-state index contributed by atoms with van der Waals surface area (Å²) in [4.78, 5) is 38.1. The number of nitrogens with zero attached hydrogens (tertiary/aromatic N) is 5. The highest BCUT2D eigenvalue weighted by atomic mass is 16.6. The first-order valence-corrected chi connectivity index (χ1v) is 10.2. The fraction of sp³-hybridized carbons (Fsp3) is 0.348. The Balaban J connectivity index is 1.92. The number of aliphatic hydroxyl groups excluding tert-OH is 1. The van der Waals surface area contributed by atoms with Crippen LogP contribution in [0.15, 0.2) is 35.6 Å². The van der Waals surface area contributed by atoms with Crippen molar-refractivity contribution in [2.24, 2.45) is 6.98 Å². The molecule has 0 fully saturated rings. The molecule has 0 bridgehead atoms. The number of nitrogens with one attached hydrogen (secondary N) is 1. The Kier molecular flexibility index (Phi) is 4.53. The number of ether oxygens (including phenoxy) is 1. The SMILES string of the molecule is [2H]C([2H])([2H])n1c(=O)c2cc(C)cc(C(C)O)c2n2cnc(-c3cnc(NC(=O)OC(C)(C)C)nc3)c12. The van der Waals surface area contributed by atoms with Crippen molar-refractivity contribution in [1.82, 2.24) is 23.9 Å². The average molecular weight is 454 g/mol. The maximum Gasteiger partial charge on any atom is 0.414 e. The zero-order valence-electron chi connectivity index (χ0n) is 21.9. The van der Waals surface area contributed by atoms with Crippen LogP contribution in [0.4, 0.5) is 10.7 Å². The minimum absolute atomic E-state index is 0.00490. The zero-order chi connectivity index (χ0) is 26.6. The van der Waals surface area contributed by atoms with Crippen LogP contribution >= 0.6 is 0 Å². The van der Waals surface area contributed by atoms with Crippen LogP contribution in [0, 0.1) is 6.92 Å². The Labute approximate surface area is 194 Å². The number of anilines is 1. The van der Waals surface area contributed by atoms with E-state index in [1.54, 1.807) is 46.8 Å². The minimum Gasteiger partial charge on any atom is -0.444 e. The van der Waals surface area contributed by atoms with E-state index in [2.05, 4.69) is 20.3 Å². The molecule has 33 heavy (non-hydrogen) atoms. The molecule has 10 nitrogen and oxygen atoms in total. The average Bonchev–Trinajstić information content (AvgIpc) is 3.15. The van der Waals surface area contributed by atoms with Crippen molar-refractivity contribution in [3.63, 3.8) is 0 Å². The van der Waals surface area contributed by atoms with Crippen LogP contribution in [0.3, 0.4) is 0 Å². The molecule has 1 atom stereocenters. The number of hydrogen-bond donors (Lipinski definition) is 2. The number of carbonyl (C=O) groups excluding carboxylic acids is 1. The number of aryl methyl sites for hydroxylation is 2. The van der Waals surface area contributed by atoms with Gasteiger partial charge < -0.3 is 9.84 Å². The van der Waals surface area contributed by atoms with Gasteiger partial charge in [0.05, 0.1) is 17.0 Å². The Hall–Kier alpha value is -3.79. The maximum atomic E-state index is 13.5. The van der Waals surface area contributed by atoms with Crippen LogP contribution in [0.2, 0.25) is 0 Å². The molecule has 2 N–H and O–H groups in total. The molecule has 0 saturated heterocycles.